The average molecular weight is 252 g/mol. The van der Waals surface area contributed by atoms with Gasteiger partial charge in [0.2, 0.25) is 0 Å². The van der Waals surface area contributed by atoms with Gasteiger partial charge in [-0.3, -0.25) is 0 Å². The van der Waals surface area contributed by atoms with E-state index in [9.17, 15) is 5.26 Å². The van der Waals surface area contributed by atoms with Crippen LogP contribution in [0.15, 0.2) is 0 Å². The van der Waals surface area contributed by atoms with E-state index in [1.54, 1.807) is 0 Å². The van der Waals surface area contributed by atoms with Crippen molar-refractivity contribution in [1.29, 1.82) is 5.26 Å². The molecular formula is C14H24N2S. The first-order chi connectivity index (χ1) is 8.30. The summed E-state index contributed by atoms with van der Waals surface area (Å²) in [5.74, 6) is 1.83. The predicted octanol–water partition coefficient (Wildman–Crippen LogP) is 3.33. The number of nitrogens with zero attached hydrogens (tertiary/aromatic N) is 1. The minimum absolute atomic E-state index is 0.212. The monoisotopic (exact) mass is 252 g/mol. The quantitative estimate of drug-likeness (QED) is 0.815. The maximum Gasteiger partial charge on any atom is 0.109 e. The molecule has 2 saturated carbocycles. The highest BCUT2D eigenvalue weighted by molar-refractivity contribution is 7.99. The molecular weight excluding hydrogens is 228 g/mol. The van der Waals surface area contributed by atoms with Crippen LogP contribution in [0, 0.1) is 17.2 Å². The third kappa shape index (κ3) is 2.98. The molecule has 2 unspecified atom stereocenters. The van der Waals surface area contributed by atoms with Gasteiger partial charge in [-0.05, 0) is 50.8 Å². The second kappa shape index (κ2) is 6.11. The molecule has 0 saturated heterocycles. The van der Waals surface area contributed by atoms with Crippen LogP contribution in [0.3, 0.4) is 0 Å². The van der Waals surface area contributed by atoms with E-state index in [1.807, 2.05) is 7.05 Å². The molecule has 0 aromatic heterocycles. The lowest BCUT2D eigenvalue weighted by Gasteiger charge is -2.28. The van der Waals surface area contributed by atoms with Gasteiger partial charge in [-0.15, -0.1) is 0 Å². The third-order valence-corrected chi connectivity index (χ3v) is 6.00. The van der Waals surface area contributed by atoms with Crippen molar-refractivity contribution >= 4 is 11.8 Å². The zero-order valence-corrected chi connectivity index (χ0v) is 11.7. The van der Waals surface area contributed by atoms with Crippen molar-refractivity contribution in [2.24, 2.45) is 5.92 Å². The van der Waals surface area contributed by atoms with Gasteiger partial charge in [0, 0.05) is 5.25 Å². The van der Waals surface area contributed by atoms with Crippen LogP contribution in [0.25, 0.3) is 0 Å². The third-order valence-electron chi connectivity index (χ3n) is 4.59. The molecule has 2 rings (SSSR count). The number of nitriles is 1. The van der Waals surface area contributed by atoms with Crippen LogP contribution in [-0.4, -0.2) is 23.6 Å². The van der Waals surface area contributed by atoms with Gasteiger partial charge in [0.15, 0.2) is 0 Å². The van der Waals surface area contributed by atoms with Gasteiger partial charge in [-0.2, -0.15) is 17.0 Å². The standard InChI is InChI=1S/C14H24N2S/c1-16-14(11-15)9-4-5-12(14)8-10-17-13-6-2-3-7-13/h12-13,16H,2-10H2,1H3. The van der Waals surface area contributed by atoms with E-state index < -0.39 is 0 Å². The van der Waals surface area contributed by atoms with E-state index in [0.29, 0.717) is 5.92 Å². The number of rotatable bonds is 5. The van der Waals surface area contributed by atoms with E-state index in [2.05, 4.69) is 23.1 Å². The fourth-order valence-electron chi connectivity index (χ4n) is 3.43. The predicted molar refractivity (Wildman–Crippen MR) is 74.1 cm³/mol. The van der Waals surface area contributed by atoms with Crippen molar-refractivity contribution in [2.45, 2.75) is 62.2 Å². The first-order valence-corrected chi connectivity index (χ1v) is 8.07. The summed E-state index contributed by atoms with van der Waals surface area (Å²) in [6.45, 7) is 0. The topological polar surface area (TPSA) is 35.8 Å². The molecule has 0 aliphatic heterocycles. The van der Waals surface area contributed by atoms with E-state index in [1.165, 1.54) is 50.7 Å². The first-order valence-electron chi connectivity index (χ1n) is 7.02. The Kier molecular flexibility index (Phi) is 4.76. The molecule has 0 radical (unpaired) electrons. The summed E-state index contributed by atoms with van der Waals surface area (Å²) in [7, 11) is 1.95. The molecule has 0 aromatic carbocycles. The summed E-state index contributed by atoms with van der Waals surface area (Å²) in [5, 5.41) is 13.6. The highest BCUT2D eigenvalue weighted by atomic mass is 32.2. The molecule has 0 heterocycles. The van der Waals surface area contributed by atoms with Crippen LogP contribution in [0.4, 0.5) is 0 Å². The smallest absolute Gasteiger partial charge is 0.109 e. The summed E-state index contributed by atoms with van der Waals surface area (Å²) in [6, 6.07) is 2.54. The Morgan fingerprint density at radius 3 is 2.71 bits per heavy atom. The number of thioether (sulfide) groups is 1. The van der Waals surface area contributed by atoms with Gasteiger partial charge in [-0.1, -0.05) is 19.3 Å². The Bertz CT molecular complexity index is 280. The number of hydrogen-bond donors (Lipinski definition) is 1. The zero-order chi connectivity index (χ0) is 12.1. The van der Waals surface area contributed by atoms with Crippen molar-refractivity contribution < 1.29 is 0 Å². The summed E-state index contributed by atoms with van der Waals surface area (Å²) < 4.78 is 0. The summed E-state index contributed by atoms with van der Waals surface area (Å²) in [6.07, 6.45) is 10.4. The second-order valence-corrected chi connectivity index (χ2v) is 6.90. The maximum absolute atomic E-state index is 9.38. The van der Waals surface area contributed by atoms with E-state index in [0.717, 1.165) is 11.7 Å². The molecule has 2 fully saturated rings. The molecule has 96 valence electrons. The van der Waals surface area contributed by atoms with Crippen molar-refractivity contribution in [3.8, 4) is 6.07 Å². The Morgan fingerprint density at radius 2 is 2.06 bits per heavy atom. The average Bonchev–Trinajstić information content (AvgIpc) is 2.99. The molecule has 0 spiro atoms. The largest absolute Gasteiger partial charge is 0.302 e. The molecule has 0 aromatic rings. The summed E-state index contributed by atoms with van der Waals surface area (Å²) in [4.78, 5) is 0. The van der Waals surface area contributed by atoms with Crippen molar-refractivity contribution in [2.75, 3.05) is 12.8 Å². The molecule has 2 aliphatic rings. The summed E-state index contributed by atoms with van der Waals surface area (Å²) in [5.41, 5.74) is -0.212. The van der Waals surface area contributed by atoms with Crippen LogP contribution < -0.4 is 5.32 Å². The Hall–Kier alpha value is -0.200. The highest BCUT2D eigenvalue weighted by Crippen LogP contribution is 2.39. The second-order valence-electron chi connectivity index (χ2n) is 5.49. The fourth-order valence-corrected chi connectivity index (χ4v) is 4.85. The molecule has 2 aliphatic carbocycles. The fraction of sp³-hybridized carbons (Fsp3) is 0.929. The SMILES string of the molecule is CNC1(C#N)CCCC1CCSC1CCCC1. The van der Waals surface area contributed by atoms with Crippen LogP contribution in [0.1, 0.15) is 51.4 Å². The maximum atomic E-state index is 9.38. The van der Waals surface area contributed by atoms with Gasteiger partial charge < -0.3 is 5.32 Å². The van der Waals surface area contributed by atoms with Gasteiger partial charge in [0.1, 0.15) is 5.54 Å². The van der Waals surface area contributed by atoms with Crippen LogP contribution in [0.5, 0.6) is 0 Å². The zero-order valence-electron chi connectivity index (χ0n) is 10.9. The normalized spacial score (nSPS) is 34.0. The van der Waals surface area contributed by atoms with Gasteiger partial charge in [0.05, 0.1) is 6.07 Å². The lowest BCUT2D eigenvalue weighted by molar-refractivity contribution is 0.332. The van der Waals surface area contributed by atoms with Gasteiger partial charge >= 0.3 is 0 Å². The molecule has 1 N–H and O–H groups in total. The summed E-state index contributed by atoms with van der Waals surface area (Å²) >= 11 is 2.16. The van der Waals surface area contributed by atoms with Crippen molar-refractivity contribution in [3.05, 3.63) is 0 Å². The minimum Gasteiger partial charge on any atom is -0.302 e. The Morgan fingerprint density at radius 1 is 1.29 bits per heavy atom. The molecule has 2 nitrogen and oxygen atoms in total. The van der Waals surface area contributed by atoms with Crippen LogP contribution >= 0.6 is 11.8 Å². The number of nitrogens with one attached hydrogen (secondary N) is 1. The van der Waals surface area contributed by atoms with Gasteiger partial charge in [-0.25, -0.2) is 0 Å². The molecule has 0 bridgehead atoms. The molecule has 3 heteroatoms. The lowest BCUT2D eigenvalue weighted by atomic mass is 9.87. The highest BCUT2D eigenvalue weighted by Gasteiger charge is 2.41. The molecule has 0 amide bonds. The first kappa shape index (κ1) is 13.2. The van der Waals surface area contributed by atoms with Gasteiger partial charge in [0.25, 0.3) is 0 Å². The van der Waals surface area contributed by atoms with Crippen molar-refractivity contribution in [3.63, 3.8) is 0 Å². The Balaban J connectivity index is 1.76. The Labute approximate surface area is 110 Å². The van der Waals surface area contributed by atoms with Crippen LogP contribution in [0.2, 0.25) is 0 Å². The molecule has 2 atom stereocenters. The van der Waals surface area contributed by atoms with E-state index in [4.69, 9.17) is 0 Å². The lowest BCUT2D eigenvalue weighted by Crippen LogP contribution is -2.45. The number of hydrogen-bond acceptors (Lipinski definition) is 3. The molecule has 17 heavy (non-hydrogen) atoms. The van der Waals surface area contributed by atoms with E-state index >= 15 is 0 Å². The van der Waals surface area contributed by atoms with Crippen LogP contribution in [-0.2, 0) is 0 Å². The van der Waals surface area contributed by atoms with E-state index in [-0.39, 0.29) is 5.54 Å². The minimum atomic E-state index is -0.212. The van der Waals surface area contributed by atoms with Crippen molar-refractivity contribution in [1.82, 2.24) is 5.32 Å².